The molecule has 2 saturated heterocycles. The van der Waals surface area contributed by atoms with Crippen molar-refractivity contribution < 1.29 is 14.3 Å². The van der Waals surface area contributed by atoms with Gasteiger partial charge in [-0.2, -0.15) is 0 Å². The van der Waals surface area contributed by atoms with Gasteiger partial charge in [0.2, 0.25) is 5.91 Å². The maximum absolute atomic E-state index is 12.3. The number of methoxy groups -OCH3 is 1. The molecule has 0 N–H and O–H groups in total. The first-order chi connectivity index (χ1) is 11.2. The molecule has 2 heterocycles. The molecule has 0 unspecified atom stereocenters. The largest absolute Gasteiger partial charge is 0.497 e. The van der Waals surface area contributed by atoms with Crippen molar-refractivity contribution in [2.45, 2.75) is 44.6 Å². The molecule has 3 rings (SSSR count). The third kappa shape index (κ3) is 4.47. The van der Waals surface area contributed by atoms with Gasteiger partial charge in [0.25, 0.3) is 0 Å². The van der Waals surface area contributed by atoms with Crippen molar-refractivity contribution >= 4 is 5.91 Å². The lowest BCUT2D eigenvalue weighted by molar-refractivity contribution is -0.134. The first kappa shape index (κ1) is 16.3. The predicted octanol–water partition coefficient (Wildman–Crippen LogP) is 3.05. The lowest BCUT2D eigenvalue weighted by Gasteiger charge is -2.32. The fourth-order valence-electron chi connectivity index (χ4n) is 3.61. The Bertz CT molecular complexity index is 500. The number of rotatable bonds is 5. The number of amides is 1. The Morgan fingerprint density at radius 1 is 1.22 bits per heavy atom. The Hall–Kier alpha value is -1.55. The molecular formula is C19H27NO3. The molecule has 1 atom stereocenters. The van der Waals surface area contributed by atoms with Crippen molar-refractivity contribution in [3.8, 4) is 5.75 Å². The van der Waals surface area contributed by atoms with Crippen molar-refractivity contribution in [2.75, 3.05) is 26.8 Å². The SMILES string of the molecule is COc1ccc(CC2CCN(C(=O)C[C@H]3CCCO3)CC2)cc1. The summed E-state index contributed by atoms with van der Waals surface area (Å²) in [6, 6.07) is 8.34. The summed E-state index contributed by atoms with van der Waals surface area (Å²) in [7, 11) is 1.69. The van der Waals surface area contributed by atoms with Gasteiger partial charge in [-0.05, 0) is 55.7 Å². The van der Waals surface area contributed by atoms with Gasteiger partial charge in [-0.25, -0.2) is 0 Å². The molecule has 1 aromatic rings. The summed E-state index contributed by atoms with van der Waals surface area (Å²) in [4.78, 5) is 14.4. The average Bonchev–Trinajstić information content (AvgIpc) is 3.09. The number of nitrogens with zero attached hydrogens (tertiary/aromatic N) is 1. The van der Waals surface area contributed by atoms with Gasteiger partial charge in [0, 0.05) is 19.7 Å². The average molecular weight is 317 g/mol. The summed E-state index contributed by atoms with van der Waals surface area (Å²) in [5, 5.41) is 0. The van der Waals surface area contributed by atoms with Crippen LogP contribution in [0.2, 0.25) is 0 Å². The molecule has 1 aromatic carbocycles. The van der Waals surface area contributed by atoms with Crippen LogP contribution < -0.4 is 4.74 Å². The van der Waals surface area contributed by atoms with Crippen LogP contribution in [-0.4, -0.2) is 43.7 Å². The number of likely N-dealkylation sites (tertiary alicyclic amines) is 1. The fraction of sp³-hybridized carbons (Fsp3) is 0.632. The number of piperidine rings is 1. The van der Waals surface area contributed by atoms with Crippen LogP contribution in [-0.2, 0) is 16.0 Å². The quantitative estimate of drug-likeness (QED) is 0.838. The summed E-state index contributed by atoms with van der Waals surface area (Å²) in [6.07, 6.45) is 6.18. The number of hydrogen-bond donors (Lipinski definition) is 0. The number of hydrogen-bond acceptors (Lipinski definition) is 3. The minimum atomic E-state index is 0.166. The van der Waals surface area contributed by atoms with E-state index >= 15 is 0 Å². The van der Waals surface area contributed by atoms with E-state index in [9.17, 15) is 4.79 Å². The van der Waals surface area contributed by atoms with Crippen molar-refractivity contribution in [1.29, 1.82) is 0 Å². The predicted molar refractivity (Wildman–Crippen MR) is 89.6 cm³/mol. The van der Waals surface area contributed by atoms with Gasteiger partial charge in [-0.3, -0.25) is 4.79 Å². The van der Waals surface area contributed by atoms with E-state index in [1.54, 1.807) is 7.11 Å². The molecule has 2 aliphatic rings. The van der Waals surface area contributed by atoms with Crippen LogP contribution >= 0.6 is 0 Å². The lowest BCUT2D eigenvalue weighted by Crippen LogP contribution is -2.40. The molecule has 2 aliphatic heterocycles. The van der Waals surface area contributed by atoms with Crippen LogP contribution in [0, 0.1) is 5.92 Å². The van der Waals surface area contributed by atoms with Crippen LogP contribution in [0.5, 0.6) is 5.75 Å². The summed E-state index contributed by atoms with van der Waals surface area (Å²) < 4.78 is 10.8. The number of benzene rings is 1. The van der Waals surface area contributed by atoms with E-state index in [-0.39, 0.29) is 12.0 Å². The van der Waals surface area contributed by atoms with Crippen molar-refractivity contribution in [3.63, 3.8) is 0 Å². The molecular weight excluding hydrogens is 290 g/mol. The highest BCUT2D eigenvalue weighted by Crippen LogP contribution is 2.24. The van der Waals surface area contributed by atoms with E-state index in [2.05, 4.69) is 12.1 Å². The standard InChI is InChI=1S/C19H27NO3/c1-22-17-6-4-15(5-7-17)13-16-8-10-20(11-9-16)19(21)14-18-3-2-12-23-18/h4-7,16,18H,2-3,8-14H2,1H3/t18-/m1/s1. The topological polar surface area (TPSA) is 38.8 Å². The van der Waals surface area contributed by atoms with E-state index in [1.165, 1.54) is 5.56 Å². The van der Waals surface area contributed by atoms with Crippen LogP contribution in [0.1, 0.15) is 37.7 Å². The second-order valence-electron chi connectivity index (χ2n) is 6.72. The Balaban J connectivity index is 1.43. The molecule has 4 nitrogen and oxygen atoms in total. The highest BCUT2D eigenvalue weighted by Gasteiger charge is 2.26. The van der Waals surface area contributed by atoms with E-state index in [0.29, 0.717) is 12.3 Å². The fourth-order valence-corrected chi connectivity index (χ4v) is 3.61. The smallest absolute Gasteiger partial charge is 0.225 e. The third-order valence-electron chi connectivity index (χ3n) is 5.08. The maximum atomic E-state index is 12.3. The van der Waals surface area contributed by atoms with Crippen molar-refractivity contribution in [2.24, 2.45) is 5.92 Å². The molecule has 0 aromatic heterocycles. The highest BCUT2D eigenvalue weighted by atomic mass is 16.5. The van der Waals surface area contributed by atoms with Crippen molar-refractivity contribution in [1.82, 2.24) is 4.90 Å². The zero-order valence-electron chi connectivity index (χ0n) is 14.0. The summed E-state index contributed by atoms with van der Waals surface area (Å²) in [5.41, 5.74) is 1.36. The second kappa shape index (κ2) is 7.82. The molecule has 0 aliphatic carbocycles. The summed E-state index contributed by atoms with van der Waals surface area (Å²) in [6.45, 7) is 2.61. The minimum absolute atomic E-state index is 0.166. The highest BCUT2D eigenvalue weighted by molar-refractivity contribution is 5.76. The van der Waals surface area contributed by atoms with E-state index in [1.807, 2.05) is 17.0 Å². The van der Waals surface area contributed by atoms with Gasteiger partial charge >= 0.3 is 0 Å². The van der Waals surface area contributed by atoms with Crippen LogP contribution in [0.4, 0.5) is 0 Å². The zero-order chi connectivity index (χ0) is 16.1. The molecule has 0 radical (unpaired) electrons. The molecule has 23 heavy (non-hydrogen) atoms. The lowest BCUT2D eigenvalue weighted by atomic mass is 9.90. The first-order valence-electron chi connectivity index (χ1n) is 8.77. The van der Waals surface area contributed by atoms with Gasteiger partial charge in [0.1, 0.15) is 5.75 Å². The minimum Gasteiger partial charge on any atom is -0.497 e. The van der Waals surface area contributed by atoms with E-state index in [0.717, 1.165) is 57.6 Å². The Kier molecular flexibility index (Phi) is 5.55. The van der Waals surface area contributed by atoms with Crippen molar-refractivity contribution in [3.05, 3.63) is 29.8 Å². The van der Waals surface area contributed by atoms with Gasteiger partial charge in [0.05, 0.1) is 19.6 Å². The van der Waals surface area contributed by atoms with Gasteiger partial charge in [-0.1, -0.05) is 12.1 Å². The molecule has 0 saturated carbocycles. The van der Waals surface area contributed by atoms with Gasteiger partial charge < -0.3 is 14.4 Å². The summed E-state index contributed by atoms with van der Waals surface area (Å²) in [5.74, 6) is 1.86. The Labute approximate surface area is 138 Å². The first-order valence-corrected chi connectivity index (χ1v) is 8.77. The Morgan fingerprint density at radius 2 is 1.96 bits per heavy atom. The molecule has 2 fully saturated rings. The number of carbonyl (C=O) groups excluding carboxylic acids is 1. The normalized spacial score (nSPS) is 22.3. The molecule has 126 valence electrons. The Morgan fingerprint density at radius 3 is 2.57 bits per heavy atom. The van der Waals surface area contributed by atoms with Gasteiger partial charge in [0.15, 0.2) is 0 Å². The van der Waals surface area contributed by atoms with Crippen LogP contribution in [0.15, 0.2) is 24.3 Å². The van der Waals surface area contributed by atoms with Gasteiger partial charge in [-0.15, -0.1) is 0 Å². The molecule has 0 spiro atoms. The van der Waals surface area contributed by atoms with Crippen LogP contribution in [0.25, 0.3) is 0 Å². The van der Waals surface area contributed by atoms with Crippen LogP contribution in [0.3, 0.4) is 0 Å². The zero-order valence-corrected chi connectivity index (χ0v) is 14.0. The number of ether oxygens (including phenoxy) is 2. The summed E-state index contributed by atoms with van der Waals surface area (Å²) >= 11 is 0. The number of carbonyl (C=O) groups is 1. The van der Waals surface area contributed by atoms with E-state index in [4.69, 9.17) is 9.47 Å². The molecule has 4 heteroatoms. The monoisotopic (exact) mass is 317 g/mol. The second-order valence-corrected chi connectivity index (χ2v) is 6.72. The van der Waals surface area contributed by atoms with E-state index < -0.39 is 0 Å². The molecule has 0 bridgehead atoms. The maximum Gasteiger partial charge on any atom is 0.225 e. The molecule has 1 amide bonds. The third-order valence-corrected chi connectivity index (χ3v) is 5.08.